The van der Waals surface area contributed by atoms with Gasteiger partial charge in [0.25, 0.3) is 0 Å². The van der Waals surface area contributed by atoms with E-state index < -0.39 is 22.5 Å². The molecule has 0 spiro atoms. The van der Waals surface area contributed by atoms with Gasteiger partial charge in [-0.05, 0) is 48.7 Å². The van der Waals surface area contributed by atoms with Gasteiger partial charge in [0.1, 0.15) is 11.5 Å². The van der Waals surface area contributed by atoms with Crippen molar-refractivity contribution in [2.75, 3.05) is 0 Å². The Morgan fingerprint density at radius 1 is 0.659 bits per heavy atom. The predicted molar refractivity (Wildman–Crippen MR) is 168 cm³/mol. The molecule has 4 aromatic carbocycles. The molecule has 1 aliphatic heterocycles. The third-order valence-electron chi connectivity index (χ3n) is 8.76. The number of rotatable bonds is 2. The minimum atomic E-state index is -0.929. The van der Waals surface area contributed by atoms with Crippen LogP contribution in [0.5, 0.6) is 0 Å². The summed E-state index contributed by atoms with van der Waals surface area (Å²) in [6, 6.07) is 27.8. The van der Waals surface area contributed by atoms with E-state index in [0.29, 0.717) is 28.2 Å². The van der Waals surface area contributed by atoms with E-state index in [1.165, 1.54) is 4.68 Å². The average molecular weight is 582 g/mol. The standard InChI is InChI=1S/C37H29F2N5/c1-36(2)25-16-26(40-5)18-27(17-25)43-21-28(23-12-8-6-9-13-23)34(41-43)37(3,4)35-29(24-14-10-7-11-15-24)22-44(42-35)33-19-30(36)31(38)20-32(33)39/h6-22H,1-4H3. The van der Waals surface area contributed by atoms with E-state index in [1.54, 1.807) is 22.9 Å². The van der Waals surface area contributed by atoms with Crippen molar-refractivity contribution in [3.8, 4) is 33.6 Å². The Bertz CT molecular complexity index is 2100. The molecule has 2 aromatic heterocycles. The number of hydrogen-bond acceptors (Lipinski definition) is 2. The van der Waals surface area contributed by atoms with Crippen LogP contribution in [0.15, 0.2) is 103 Å². The van der Waals surface area contributed by atoms with Crippen molar-refractivity contribution in [1.29, 1.82) is 0 Å². The Balaban J connectivity index is 1.63. The lowest BCUT2D eigenvalue weighted by Gasteiger charge is -2.28. The molecular formula is C37H29F2N5. The molecule has 44 heavy (non-hydrogen) atoms. The molecule has 0 saturated carbocycles. The van der Waals surface area contributed by atoms with Crippen LogP contribution >= 0.6 is 0 Å². The molecule has 216 valence electrons. The monoisotopic (exact) mass is 581 g/mol. The van der Waals surface area contributed by atoms with Crippen LogP contribution in [0.2, 0.25) is 0 Å². The van der Waals surface area contributed by atoms with Crippen molar-refractivity contribution in [2.24, 2.45) is 0 Å². The van der Waals surface area contributed by atoms with E-state index in [-0.39, 0.29) is 5.69 Å². The minimum Gasteiger partial charge on any atom is -0.241 e. The van der Waals surface area contributed by atoms with E-state index >= 15 is 8.78 Å². The number of nitrogens with zero attached hydrogens (tertiary/aromatic N) is 5. The van der Waals surface area contributed by atoms with Gasteiger partial charge in [0.05, 0.1) is 29.1 Å². The highest BCUT2D eigenvalue weighted by Crippen LogP contribution is 2.43. The zero-order valence-electron chi connectivity index (χ0n) is 24.8. The molecule has 7 rings (SSSR count). The molecule has 0 radical (unpaired) electrons. The summed E-state index contributed by atoms with van der Waals surface area (Å²) in [5.41, 5.74) is 5.62. The summed E-state index contributed by atoms with van der Waals surface area (Å²) in [7, 11) is 0. The second-order valence-corrected chi connectivity index (χ2v) is 12.3. The van der Waals surface area contributed by atoms with Gasteiger partial charge >= 0.3 is 0 Å². The lowest BCUT2D eigenvalue weighted by molar-refractivity contribution is 0.524. The molecule has 1 aliphatic rings. The van der Waals surface area contributed by atoms with Gasteiger partial charge in [-0.2, -0.15) is 10.2 Å². The van der Waals surface area contributed by atoms with Gasteiger partial charge in [-0.3, -0.25) is 0 Å². The van der Waals surface area contributed by atoms with E-state index in [0.717, 1.165) is 34.0 Å². The molecule has 0 amide bonds. The van der Waals surface area contributed by atoms with E-state index in [4.69, 9.17) is 16.8 Å². The van der Waals surface area contributed by atoms with Crippen LogP contribution in [-0.2, 0) is 10.8 Å². The third kappa shape index (κ3) is 4.25. The van der Waals surface area contributed by atoms with Crippen LogP contribution in [0.4, 0.5) is 14.5 Å². The first-order chi connectivity index (χ1) is 21.1. The molecule has 8 bridgehead atoms. The van der Waals surface area contributed by atoms with Crippen molar-refractivity contribution >= 4 is 5.69 Å². The molecule has 0 unspecified atom stereocenters. The molecule has 5 nitrogen and oxygen atoms in total. The highest BCUT2D eigenvalue weighted by atomic mass is 19.1. The predicted octanol–water partition coefficient (Wildman–Crippen LogP) is 9.19. The van der Waals surface area contributed by atoms with Crippen molar-refractivity contribution in [1.82, 2.24) is 19.6 Å². The Labute approximate surface area is 254 Å². The molecule has 0 fully saturated rings. The first kappa shape index (κ1) is 27.5. The van der Waals surface area contributed by atoms with E-state index in [1.807, 2.05) is 93.0 Å². The zero-order chi connectivity index (χ0) is 30.8. The summed E-state index contributed by atoms with van der Waals surface area (Å²) >= 11 is 0. The van der Waals surface area contributed by atoms with Gasteiger partial charge in [0.2, 0.25) is 0 Å². The van der Waals surface area contributed by atoms with Gasteiger partial charge in [-0.1, -0.05) is 80.6 Å². The Hall–Kier alpha value is -5.35. The van der Waals surface area contributed by atoms with Gasteiger partial charge in [-0.25, -0.2) is 23.0 Å². The maximum atomic E-state index is 15.7. The van der Waals surface area contributed by atoms with Crippen molar-refractivity contribution in [3.05, 3.63) is 149 Å². The highest BCUT2D eigenvalue weighted by molar-refractivity contribution is 5.73. The molecular weight excluding hydrogens is 552 g/mol. The Kier molecular flexibility index (Phi) is 6.15. The fourth-order valence-electron chi connectivity index (χ4n) is 6.20. The summed E-state index contributed by atoms with van der Waals surface area (Å²) in [4.78, 5) is 3.74. The fourth-order valence-corrected chi connectivity index (χ4v) is 6.20. The van der Waals surface area contributed by atoms with Gasteiger partial charge in [-0.15, -0.1) is 0 Å². The number of halogens is 2. The molecule has 0 aliphatic carbocycles. The lowest BCUT2D eigenvalue weighted by atomic mass is 9.77. The van der Waals surface area contributed by atoms with Crippen LogP contribution in [0.1, 0.15) is 50.2 Å². The van der Waals surface area contributed by atoms with Gasteiger partial charge < -0.3 is 0 Å². The highest BCUT2D eigenvalue weighted by Gasteiger charge is 2.37. The summed E-state index contributed by atoms with van der Waals surface area (Å²) < 4.78 is 34.6. The molecule has 3 heterocycles. The zero-order valence-corrected chi connectivity index (χ0v) is 24.8. The molecule has 0 atom stereocenters. The first-order valence-electron chi connectivity index (χ1n) is 14.4. The summed E-state index contributed by atoms with van der Waals surface area (Å²) in [5.74, 6) is -1.38. The van der Waals surface area contributed by atoms with Crippen molar-refractivity contribution in [3.63, 3.8) is 0 Å². The van der Waals surface area contributed by atoms with Crippen LogP contribution in [0, 0.1) is 18.2 Å². The van der Waals surface area contributed by atoms with Crippen LogP contribution < -0.4 is 0 Å². The summed E-state index contributed by atoms with van der Waals surface area (Å²) in [5, 5.41) is 10.2. The average Bonchev–Trinajstić information content (AvgIpc) is 3.68. The quantitative estimate of drug-likeness (QED) is 0.191. The first-order valence-corrected chi connectivity index (χ1v) is 14.4. The lowest BCUT2D eigenvalue weighted by Crippen LogP contribution is -2.24. The van der Waals surface area contributed by atoms with Crippen LogP contribution in [-0.4, -0.2) is 19.6 Å². The second-order valence-electron chi connectivity index (χ2n) is 12.3. The number of benzene rings is 4. The van der Waals surface area contributed by atoms with Crippen LogP contribution in [0.25, 0.3) is 38.5 Å². The number of hydrogen-bond donors (Lipinski definition) is 0. The maximum Gasteiger partial charge on any atom is 0.189 e. The van der Waals surface area contributed by atoms with Crippen LogP contribution in [0.3, 0.4) is 0 Å². The van der Waals surface area contributed by atoms with Crippen molar-refractivity contribution in [2.45, 2.75) is 38.5 Å². The molecule has 6 aromatic rings. The molecule has 0 saturated heterocycles. The molecule has 0 N–H and O–H groups in total. The molecule has 7 heteroatoms. The van der Waals surface area contributed by atoms with Gasteiger partial charge in [0, 0.05) is 40.6 Å². The van der Waals surface area contributed by atoms with E-state index in [9.17, 15) is 0 Å². The smallest absolute Gasteiger partial charge is 0.189 e. The summed E-state index contributed by atoms with van der Waals surface area (Å²) in [6.07, 6.45) is 3.79. The Morgan fingerprint density at radius 3 is 1.82 bits per heavy atom. The summed E-state index contributed by atoms with van der Waals surface area (Å²) in [6.45, 7) is 15.7. The number of aromatic nitrogens is 4. The van der Waals surface area contributed by atoms with Crippen molar-refractivity contribution < 1.29 is 8.78 Å². The fraction of sp³-hybridized carbons (Fsp3) is 0.162. The number of fused-ring (bicyclic) bond motifs is 10. The largest absolute Gasteiger partial charge is 0.241 e. The van der Waals surface area contributed by atoms with E-state index in [2.05, 4.69) is 18.7 Å². The normalized spacial score (nSPS) is 14.5. The second kappa shape index (κ2) is 9.85. The third-order valence-corrected chi connectivity index (χ3v) is 8.76. The Morgan fingerprint density at radius 2 is 1.23 bits per heavy atom. The van der Waals surface area contributed by atoms with Gasteiger partial charge in [0.15, 0.2) is 11.5 Å². The minimum absolute atomic E-state index is 0.140. The maximum absolute atomic E-state index is 15.7. The SMILES string of the molecule is [C-]#[N+]c1cc2cc(c1)C(C)(C)c1cc(c(F)cc1F)-n1cc(-c3ccccc3)c(n1)C(C)(C)c1nn-2cc1-c1ccccc1. The topological polar surface area (TPSA) is 40.0 Å².